The number of carbonyl (C=O) groups excluding carboxylic acids is 2. The van der Waals surface area contributed by atoms with Crippen molar-refractivity contribution in [3.8, 4) is 0 Å². The predicted octanol–water partition coefficient (Wildman–Crippen LogP) is 2.32. The number of hydrogen-bond donors (Lipinski definition) is 2. The summed E-state index contributed by atoms with van der Waals surface area (Å²) in [6, 6.07) is 12.5. The molecule has 0 aliphatic heterocycles. The summed E-state index contributed by atoms with van der Waals surface area (Å²) >= 11 is 0. The van der Waals surface area contributed by atoms with Crippen LogP contribution in [0, 0.1) is 13.8 Å². The lowest BCUT2D eigenvalue weighted by Crippen LogP contribution is -2.40. The molecule has 29 heavy (non-hydrogen) atoms. The van der Waals surface area contributed by atoms with E-state index in [9.17, 15) is 14.4 Å². The molecule has 0 fully saturated rings. The second-order valence-corrected chi connectivity index (χ2v) is 6.92. The van der Waals surface area contributed by atoms with Gasteiger partial charge in [-0.15, -0.1) is 0 Å². The number of nitrogens with zero attached hydrogens (tertiary/aromatic N) is 2. The monoisotopic (exact) mass is 392 g/mol. The van der Waals surface area contributed by atoms with Crippen molar-refractivity contribution < 1.29 is 9.59 Å². The topological polar surface area (TPSA) is 95.2 Å². The lowest BCUT2D eigenvalue weighted by molar-refractivity contribution is -0.130. The number of carbonyl (C=O) groups is 2. The Hall–Kier alpha value is -3.48. The molecule has 2 N–H and O–H groups in total. The number of aryl methyl sites for hydroxylation is 2. The first-order valence-corrected chi connectivity index (χ1v) is 9.50. The fraction of sp³-hybridized carbons (Fsp3) is 0.273. The SMILES string of the molecule is CCN(Cc1nc2ccccc2c(=O)[nH]1)C(=O)CNC(=O)c1ccc(C)c(C)c1. The van der Waals surface area contributed by atoms with E-state index in [0.29, 0.717) is 28.8 Å². The third-order valence-electron chi connectivity index (χ3n) is 4.91. The molecule has 2 aromatic carbocycles. The van der Waals surface area contributed by atoms with E-state index in [0.717, 1.165) is 11.1 Å². The number of nitrogens with one attached hydrogen (secondary N) is 2. The summed E-state index contributed by atoms with van der Waals surface area (Å²) in [5.74, 6) is -0.139. The van der Waals surface area contributed by atoms with Gasteiger partial charge < -0.3 is 15.2 Å². The minimum absolute atomic E-state index is 0.128. The number of aromatic amines is 1. The van der Waals surface area contributed by atoms with Gasteiger partial charge in [-0.25, -0.2) is 4.98 Å². The Balaban J connectivity index is 1.67. The van der Waals surface area contributed by atoms with Crippen LogP contribution in [0.2, 0.25) is 0 Å². The van der Waals surface area contributed by atoms with E-state index in [4.69, 9.17) is 0 Å². The predicted molar refractivity (Wildman–Crippen MR) is 112 cm³/mol. The zero-order valence-corrected chi connectivity index (χ0v) is 16.8. The summed E-state index contributed by atoms with van der Waals surface area (Å²) in [6.07, 6.45) is 0. The van der Waals surface area contributed by atoms with Crippen LogP contribution in [0.4, 0.5) is 0 Å². The third kappa shape index (κ3) is 4.68. The third-order valence-corrected chi connectivity index (χ3v) is 4.91. The average Bonchev–Trinajstić information content (AvgIpc) is 2.72. The van der Waals surface area contributed by atoms with E-state index in [1.54, 1.807) is 30.3 Å². The molecule has 0 saturated heterocycles. The van der Waals surface area contributed by atoms with Crippen LogP contribution in [-0.4, -0.2) is 39.8 Å². The first-order chi connectivity index (χ1) is 13.9. The van der Waals surface area contributed by atoms with Crippen LogP contribution in [0.15, 0.2) is 47.3 Å². The van der Waals surface area contributed by atoms with Gasteiger partial charge in [-0.1, -0.05) is 18.2 Å². The van der Waals surface area contributed by atoms with Gasteiger partial charge in [-0.05, 0) is 56.2 Å². The number of likely N-dealkylation sites (N-methyl/N-ethyl adjacent to an activating group) is 1. The van der Waals surface area contributed by atoms with Crippen molar-refractivity contribution in [1.29, 1.82) is 0 Å². The largest absolute Gasteiger partial charge is 0.343 e. The van der Waals surface area contributed by atoms with Gasteiger partial charge in [-0.3, -0.25) is 14.4 Å². The number of fused-ring (bicyclic) bond motifs is 1. The second-order valence-electron chi connectivity index (χ2n) is 6.92. The van der Waals surface area contributed by atoms with Gasteiger partial charge in [-0.2, -0.15) is 0 Å². The normalized spacial score (nSPS) is 10.7. The highest BCUT2D eigenvalue weighted by atomic mass is 16.2. The van der Waals surface area contributed by atoms with Crippen molar-refractivity contribution in [2.24, 2.45) is 0 Å². The molecule has 1 aromatic heterocycles. The van der Waals surface area contributed by atoms with Gasteiger partial charge in [0.1, 0.15) is 5.82 Å². The quantitative estimate of drug-likeness (QED) is 0.673. The molecule has 3 rings (SSSR count). The number of amides is 2. The number of hydrogen-bond acceptors (Lipinski definition) is 4. The van der Waals surface area contributed by atoms with Crippen molar-refractivity contribution in [2.75, 3.05) is 13.1 Å². The molecule has 0 atom stereocenters. The average molecular weight is 392 g/mol. The maximum Gasteiger partial charge on any atom is 0.258 e. The summed E-state index contributed by atoms with van der Waals surface area (Å²) in [5.41, 5.74) is 2.98. The summed E-state index contributed by atoms with van der Waals surface area (Å²) < 4.78 is 0. The molecular weight excluding hydrogens is 368 g/mol. The molecule has 0 unspecified atom stereocenters. The van der Waals surface area contributed by atoms with Crippen LogP contribution in [0.1, 0.15) is 34.2 Å². The van der Waals surface area contributed by atoms with Crippen molar-refractivity contribution in [3.63, 3.8) is 0 Å². The summed E-state index contributed by atoms with van der Waals surface area (Å²) in [6.45, 7) is 6.21. The minimum atomic E-state index is -0.297. The van der Waals surface area contributed by atoms with Crippen LogP contribution in [0.25, 0.3) is 10.9 Å². The number of H-pyrrole nitrogens is 1. The first kappa shape index (κ1) is 20.3. The molecule has 0 radical (unpaired) electrons. The Kier molecular flexibility index (Phi) is 6.07. The zero-order chi connectivity index (χ0) is 21.0. The highest BCUT2D eigenvalue weighted by Crippen LogP contribution is 2.10. The standard InChI is InChI=1S/C22H24N4O3/c1-4-26(13-19-24-18-8-6-5-7-17(18)22(29)25-19)20(27)12-23-21(28)16-10-9-14(2)15(3)11-16/h5-11H,4,12-13H2,1-3H3,(H,23,28)(H,24,25,29). The molecule has 3 aromatic rings. The number of rotatable bonds is 6. The molecule has 2 amide bonds. The summed E-state index contributed by atoms with van der Waals surface area (Å²) in [4.78, 5) is 45.8. The summed E-state index contributed by atoms with van der Waals surface area (Å²) in [5, 5.41) is 3.17. The van der Waals surface area contributed by atoms with E-state index in [1.165, 1.54) is 4.90 Å². The van der Waals surface area contributed by atoms with E-state index in [2.05, 4.69) is 15.3 Å². The highest BCUT2D eigenvalue weighted by molar-refractivity contribution is 5.96. The van der Waals surface area contributed by atoms with Gasteiger partial charge in [0.25, 0.3) is 11.5 Å². The Morgan fingerprint density at radius 1 is 1.10 bits per heavy atom. The zero-order valence-electron chi connectivity index (χ0n) is 16.8. The van der Waals surface area contributed by atoms with E-state index >= 15 is 0 Å². The first-order valence-electron chi connectivity index (χ1n) is 9.50. The van der Waals surface area contributed by atoms with Crippen molar-refractivity contribution in [1.82, 2.24) is 20.2 Å². The molecule has 0 spiro atoms. The lowest BCUT2D eigenvalue weighted by Gasteiger charge is -2.20. The van der Waals surface area contributed by atoms with Gasteiger partial charge in [0.05, 0.1) is 24.0 Å². The lowest BCUT2D eigenvalue weighted by atomic mass is 10.1. The van der Waals surface area contributed by atoms with E-state index in [-0.39, 0.29) is 30.5 Å². The molecule has 7 nitrogen and oxygen atoms in total. The van der Waals surface area contributed by atoms with Gasteiger partial charge in [0, 0.05) is 12.1 Å². The fourth-order valence-corrected chi connectivity index (χ4v) is 3.02. The van der Waals surface area contributed by atoms with Gasteiger partial charge in [0.2, 0.25) is 5.91 Å². The Morgan fingerprint density at radius 2 is 1.86 bits per heavy atom. The molecule has 0 aliphatic carbocycles. The maximum atomic E-state index is 12.6. The Morgan fingerprint density at radius 3 is 2.59 bits per heavy atom. The van der Waals surface area contributed by atoms with Gasteiger partial charge >= 0.3 is 0 Å². The molecule has 7 heteroatoms. The van der Waals surface area contributed by atoms with Crippen LogP contribution in [0.5, 0.6) is 0 Å². The highest BCUT2D eigenvalue weighted by Gasteiger charge is 2.16. The minimum Gasteiger partial charge on any atom is -0.343 e. The molecule has 0 saturated carbocycles. The smallest absolute Gasteiger partial charge is 0.258 e. The van der Waals surface area contributed by atoms with Crippen LogP contribution < -0.4 is 10.9 Å². The Bertz CT molecular complexity index is 1120. The molecule has 0 bridgehead atoms. The number of aromatic nitrogens is 2. The second kappa shape index (κ2) is 8.68. The number of para-hydroxylation sites is 1. The molecule has 0 aliphatic rings. The molecule has 150 valence electrons. The van der Waals surface area contributed by atoms with Crippen LogP contribution in [-0.2, 0) is 11.3 Å². The van der Waals surface area contributed by atoms with Crippen molar-refractivity contribution >= 4 is 22.7 Å². The summed E-state index contributed by atoms with van der Waals surface area (Å²) in [7, 11) is 0. The molecule has 1 heterocycles. The molecular formula is C22H24N4O3. The maximum absolute atomic E-state index is 12.6. The van der Waals surface area contributed by atoms with Crippen LogP contribution in [0.3, 0.4) is 0 Å². The van der Waals surface area contributed by atoms with Gasteiger partial charge in [0.15, 0.2) is 0 Å². The van der Waals surface area contributed by atoms with E-state index in [1.807, 2.05) is 32.9 Å². The number of benzene rings is 2. The van der Waals surface area contributed by atoms with Crippen molar-refractivity contribution in [3.05, 3.63) is 75.3 Å². The Labute approximate surface area is 168 Å². The van der Waals surface area contributed by atoms with Crippen LogP contribution >= 0.6 is 0 Å². The fourth-order valence-electron chi connectivity index (χ4n) is 3.02. The van der Waals surface area contributed by atoms with E-state index < -0.39 is 0 Å². The van der Waals surface area contributed by atoms with Crippen molar-refractivity contribution in [2.45, 2.75) is 27.3 Å².